The van der Waals surface area contributed by atoms with E-state index in [-0.39, 0.29) is 11.9 Å². The van der Waals surface area contributed by atoms with Crippen molar-refractivity contribution in [2.75, 3.05) is 18.9 Å². The van der Waals surface area contributed by atoms with E-state index in [1.807, 2.05) is 31.3 Å². The van der Waals surface area contributed by atoms with Crippen LogP contribution in [0.25, 0.3) is 0 Å². The van der Waals surface area contributed by atoms with Crippen LogP contribution < -0.4 is 5.32 Å². The minimum atomic E-state index is -0.103. The number of anilines is 1. The molecule has 2 rings (SSSR count). The van der Waals surface area contributed by atoms with E-state index in [0.717, 1.165) is 18.7 Å². The summed E-state index contributed by atoms with van der Waals surface area (Å²) in [5.74, 6) is 0.148. The number of likely N-dealkylation sites (N-methyl/N-ethyl adjacent to an activating group) is 1. The molecule has 1 fully saturated rings. The van der Waals surface area contributed by atoms with Crippen LogP contribution in [0.3, 0.4) is 0 Å². The lowest BCUT2D eigenvalue weighted by Crippen LogP contribution is -2.30. The molecule has 1 atom stereocenters. The molecule has 1 N–H and O–H groups in total. The highest BCUT2D eigenvalue weighted by molar-refractivity contribution is 6.30. The Morgan fingerprint density at radius 3 is 2.93 bits per heavy atom. The van der Waals surface area contributed by atoms with Crippen LogP contribution in [0, 0.1) is 0 Å². The Morgan fingerprint density at radius 1 is 1.53 bits per heavy atom. The van der Waals surface area contributed by atoms with Crippen LogP contribution in [-0.2, 0) is 4.79 Å². The van der Waals surface area contributed by atoms with Crippen molar-refractivity contribution in [1.82, 2.24) is 4.90 Å². The summed E-state index contributed by atoms with van der Waals surface area (Å²) < 4.78 is 0. The third kappa shape index (κ3) is 2.23. The van der Waals surface area contributed by atoms with Gasteiger partial charge in [-0.3, -0.25) is 4.79 Å². The largest absolute Gasteiger partial charge is 0.374 e. The number of halogens is 1. The van der Waals surface area contributed by atoms with Gasteiger partial charge < -0.3 is 10.2 Å². The SMILES string of the molecule is CN1CCC(Nc2cccc(Cl)c2)C1=O. The van der Waals surface area contributed by atoms with Crippen molar-refractivity contribution in [1.29, 1.82) is 0 Å². The summed E-state index contributed by atoms with van der Waals surface area (Å²) in [5, 5.41) is 3.87. The van der Waals surface area contributed by atoms with Gasteiger partial charge in [0.05, 0.1) is 0 Å². The van der Waals surface area contributed by atoms with Gasteiger partial charge in [0.25, 0.3) is 0 Å². The Labute approximate surface area is 94.0 Å². The minimum Gasteiger partial charge on any atom is -0.374 e. The first-order valence-corrected chi connectivity index (χ1v) is 5.32. The first kappa shape index (κ1) is 10.3. The van der Waals surface area contributed by atoms with Crippen molar-refractivity contribution in [3.8, 4) is 0 Å². The highest BCUT2D eigenvalue weighted by Crippen LogP contribution is 2.19. The minimum absolute atomic E-state index is 0.103. The van der Waals surface area contributed by atoms with Crippen LogP contribution in [0.2, 0.25) is 5.02 Å². The van der Waals surface area contributed by atoms with Gasteiger partial charge in [0.2, 0.25) is 5.91 Å². The lowest BCUT2D eigenvalue weighted by Gasteiger charge is -2.13. The predicted octanol–water partition coefficient (Wildman–Crippen LogP) is 1.98. The van der Waals surface area contributed by atoms with Crippen molar-refractivity contribution in [3.05, 3.63) is 29.3 Å². The molecule has 1 unspecified atom stereocenters. The highest BCUT2D eigenvalue weighted by Gasteiger charge is 2.28. The summed E-state index contributed by atoms with van der Waals surface area (Å²) in [6.07, 6.45) is 0.849. The lowest BCUT2D eigenvalue weighted by molar-refractivity contribution is -0.127. The van der Waals surface area contributed by atoms with Crippen molar-refractivity contribution >= 4 is 23.2 Å². The van der Waals surface area contributed by atoms with Crippen LogP contribution in [0.1, 0.15) is 6.42 Å². The molecule has 1 amide bonds. The number of hydrogen-bond donors (Lipinski definition) is 1. The topological polar surface area (TPSA) is 32.3 Å². The van der Waals surface area contributed by atoms with E-state index >= 15 is 0 Å². The normalized spacial score (nSPS) is 20.8. The molecule has 15 heavy (non-hydrogen) atoms. The molecular formula is C11H13ClN2O. The van der Waals surface area contributed by atoms with E-state index in [0.29, 0.717) is 5.02 Å². The zero-order chi connectivity index (χ0) is 10.8. The van der Waals surface area contributed by atoms with Crippen molar-refractivity contribution < 1.29 is 4.79 Å². The van der Waals surface area contributed by atoms with Gasteiger partial charge in [-0.05, 0) is 24.6 Å². The number of likely N-dealkylation sites (tertiary alicyclic amines) is 1. The lowest BCUT2D eigenvalue weighted by atomic mass is 10.2. The number of amides is 1. The summed E-state index contributed by atoms with van der Waals surface area (Å²) >= 11 is 5.86. The Hall–Kier alpha value is -1.22. The molecule has 1 aliphatic rings. The number of benzene rings is 1. The van der Waals surface area contributed by atoms with Crippen LogP contribution in [0.4, 0.5) is 5.69 Å². The summed E-state index contributed by atoms with van der Waals surface area (Å²) in [6.45, 7) is 0.817. The quantitative estimate of drug-likeness (QED) is 0.833. The first-order chi connectivity index (χ1) is 7.16. The van der Waals surface area contributed by atoms with Crippen LogP contribution in [0.5, 0.6) is 0 Å². The monoisotopic (exact) mass is 224 g/mol. The summed E-state index contributed by atoms with van der Waals surface area (Å²) in [4.78, 5) is 13.4. The van der Waals surface area contributed by atoms with E-state index in [1.54, 1.807) is 4.90 Å². The molecule has 80 valence electrons. The van der Waals surface area contributed by atoms with E-state index in [2.05, 4.69) is 5.32 Å². The Morgan fingerprint density at radius 2 is 2.33 bits per heavy atom. The highest BCUT2D eigenvalue weighted by atomic mass is 35.5. The molecule has 0 radical (unpaired) electrons. The fourth-order valence-corrected chi connectivity index (χ4v) is 1.93. The van der Waals surface area contributed by atoms with E-state index < -0.39 is 0 Å². The fraction of sp³-hybridized carbons (Fsp3) is 0.364. The maximum Gasteiger partial charge on any atom is 0.244 e. The van der Waals surface area contributed by atoms with Crippen LogP contribution in [-0.4, -0.2) is 30.4 Å². The molecule has 0 spiro atoms. The van der Waals surface area contributed by atoms with Crippen molar-refractivity contribution in [2.45, 2.75) is 12.5 Å². The van der Waals surface area contributed by atoms with E-state index in [4.69, 9.17) is 11.6 Å². The Balaban J connectivity index is 2.06. The number of hydrogen-bond acceptors (Lipinski definition) is 2. The first-order valence-electron chi connectivity index (χ1n) is 4.94. The van der Waals surface area contributed by atoms with Crippen molar-refractivity contribution in [3.63, 3.8) is 0 Å². The van der Waals surface area contributed by atoms with E-state index in [1.165, 1.54) is 0 Å². The maximum atomic E-state index is 11.6. The second-order valence-electron chi connectivity index (χ2n) is 3.76. The zero-order valence-corrected chi connectivity index (χ0v) is 9.29. The maximum absolute atomic E-state index is 11.6. The van der Waals surface area contributed by atoms with Gasteiger partial charge in [-0.2, -0.15) is 0 Å². The Kier molecular flexibility index (Phi) is 2.82. The van der Waals surface area contributed by atoms with Gasteiger partial charge in [-0.15, -0.1) is 0 Å². The molecule has 1 aromatic rings. The standard InChI is InChI=1S/C11H13ClN2O/c1-14-6-5-10(11(14)15)13-9-4-2-3-8(12)7-9/h2-4,7,10,13H,5-6H2,1H3. The molecule has 1 aliphatic heterocycles. The number of rotatable bonds is 2. The Bertz CT molecular complexity index is 381. The third-order valence-corrected chi connectivity index (χ3v) is 2.83. The van der Waals surface area contributed by atoms with Gasteiger partial charge in [0.15, 0.2) is 0 Å². The van der Waals surface area contributed by atoms with Crippen LogP contribution >= 0.6 is 11.6 Å². The third-order valence-electron chi connectivity index (χ3n) is 2.59. The van der Waals surface area contributed by atoms with Gasteiger partial charge in [0, 0.05) is 24.3 Å². The molecule has 1 saturated heterocycles. The molecular weight excluding hydrogens is 212 g/mol. The van der Waals surface area contributed by atoms with E-state index in [9.17, 15) is 4.79 Å². The van der Waals surface area contributed by atoms with Gasteiger partial charge in [-0.1, -0.05) is 17.7 Å². The molecule has 1 aromatic carbocycles. The second-order valence-corrected chi connectivity index (χ2v) is 4.19. The predicted molar refractivity (Wildman–Crippen MR) is 61.1 cm³/mol. The van der Waals surface area contributed by atoms with Gasteiger partial charge in [0.1, 0.15) is 6.04 Å². The summed E-state index contributed by atoms with van der Waals surface area (Å²) in [5.41, 5.74) is 0.899. The van der Waals surface area contributed by atoms with Crippen molar-refractivity contribution in [2.24, 2.45) is 0 Å². The molecule has 0 aromatic heterocycles. The second kappa shape index (κ2) is 4.11. The molecule has 0 saturated carbocycles. The molecule has 3 nitrogen and oxygen atoms in total. The number of nitrogens with one attached hydrogen (secondary N) is 1. The average Bonchev–Trinajstić information content (AvgIpc) is 2.50. The average molecular weight is 225 g/mol. The number of nitrogens with zero attached hydrogens (tertiary/aromatic N) is 1. The van der Waals surface area contributed by atoms with Crippen LogP contribution in [0.15, 0.2) is 24.3 Å². The number of carbonyl (C=O) groups is 1. The fourth-order valence-electron chi connectivity index (χ4n) is 1.74. The smallest absolute Gasteiger partial charge is 0.244 e. The van der Waals surface area contributed by atoms with Gasteiger partial charge in [-0.25, -0.2) is 0 Å². The summed E-state index contributed by atoms with van der Waals surface area (Å²) in [6, 6.07) is 7.32. The molecule has 1 heterocycles. The molecule has 0 aliphatic carbocycles. The number of carbonyl (C=O) groups excluding carboxylic acids is 1. The zero-order valence-electron chi connectivity index (χ0n) is 8.53. The summed E-state index contributed by atoms with van der Waals surface area (Å²) in [7, 11) is 1.82. The van der Waals surface area contributed by atoms with Gasteiger partial charge >= 0.3 is 0 Å². The molecule has 4 heteroatoms. The molecule has 0 bridgehead atoms.